The second-order valence-corrected chi connectivity index (χ2v) is 7.53. The summed E-state index contributed by atoms with van der Waals surface area (Å²) in [6.07, 6.45) is 9.22. The largest absolute Gasteiger partial charge is 0.392 e. The highest BCUT2D eigenvalue weighted by Gasteiger charge is 2.38. The zero-order chi connectivity index (χ0) is 13.3. The van der Waals surface area contributed by atoms with E-state index < -0.39 is 0 Å². The van der Waals surface area contributed by atoms with Gasteiger partial charge in [0.1, 0.15) is 0 Å². The number of β-amino-alcohol motifs (C(OH)–C–C–N with tert-alkyl or cyclic N) is 1. The second-order valence-electron chi connectivity index (χ2n) is 7.53. The van der Waals surface area contributed by atoms with Gasteiger partial charge in [0.2, 0.25) is 0 Å². The van der Waals surface area contributed by atoms with Gasteiger partial charge >= 0.3 is 0 Å². The molecule has 110 valence electrons. The van der Waals surface area contributed by atoms with E-state index in [1.807, 2.05) is 0 Å². The Balaban J connectivity index is 1.60. The van der Waals surface area contributed by atoms with Crippen LogP contribution in [0.4, 0.5) is 0 Å². The van der Waals surface area contributed by atoms with E-state index in [4.69, 9.17) is 0 Å². The molecule has 1 aliphatic heterocycles. The fourth-order valence-electron chi connectivity index (χ4n) is 4.21. The van der Waals surface area contributed by atoms with Crippen LogP contribution in [0.15, 0.2) is 0 Å². The van der Waals surface area contributed by atoms with Crippen molar-refractivity contribution >= 4 is 0 Å². The van der Waals surface area contributed by atoms with Crippen molar-refractivity contribution in [3.05, 3.63) is 0 Å². The summed E-state index contributed by atoms with van der Waals surface area (Å²) in [6.45, 7) is 6.83. The van der Waals surface area contributed by atoms with E-state index in [-0.39, 0.29) is 6.10 Å². The van der Waals surface area contributed by atoms with E-state index in [1.54, 1.807) is 0 Å². The van der Waals surface area contributed by atoms with Crippen LogP contribution in [0.3, 0.4) is 0 Å². The van der Waals surface area contributed by atoms with Crippen LogP contribution in [-0.4, -0.2) is 48.3 Å². The average Bonchev–Trinajstić information content (AvgIpc) is 3.11. The minimum absolute atomic E-state index is 0.0746. The molecule has 3 heteroatoms. The van der Waals surface area contributed by atoms with E-state index in [2.05, 4.69) is 17.1 Å². The third-order valence-corrected chi connectivity index (χ3v) is 5.34. The summed E-state index contributed by atoms with van der Waals surface area (Å²) in [4.78, 5) is 2.51. The van der Waals surface area contributed by atoms with Gasteiger partial charge in [-0.15, -0.1) is 0 Å². The smallest absolute Gasteiger partial charge is 0.0679 e. The average molecular weight is 266 g/mol. The molecule has 2 saturated carbocycles. The van der Waals surface area contributed by atoms with Gasteiger partial charge in [-0.25, -0.2) is 0 Å². The van der Waals surface area contributed by atoms with E-state index in [1.165, 1.54) is 51.6 Å². The Morgan fingerprint density at radius 2 is 2.11 bits per heavy atom. The SMILES string of the molecule is CC1CCCC(CNC2CC2)(CN2CCC(O)C2)C1. The second kappa shape index (κ2) is 5.71. The first-order valence-electron chi connectivity index (χ1n) is 8.29. The molecule has 0 amide bonds. The lowest BCUT2D eigenvalue weighted by Crippen LogP contribution is -2.46. The molecule has 0 aromatic heterocycles. The maximum absolute atomic E-state index is 9.74. The Morgan fingerprint density at radius 1 is 1.26 bits per heavy atom. The van der Waals surface area contributed by atoms with Gasteiger partial charge in [-0.1, -0.05) is 19.8 Å². The lowest BCUT2D eigenvalue weighted by molar-refractivity contribution is 0.0823. The molecule has 0 bridgehead atoms. The number of rotatable bonds is 5. The lowest BCUT2D eigenvalue weighted by atomic mass is 9.69. The van der Waals surface area contributed by atoms with Crippen molar-refractivity contribution in [2.75, 3.05) is 26.2 Å². The van der Waals surface area contributed by atoms with Crippen molar-refractivity contribution in [2.24, 2.45) is 11.3 Å². The molecule has 3 unspecified atom stereocenters. The van der Waals surface area contributed by atoms with Gasteiger partial charge in [-0.05, 0) is 43.4 Å². The van der Waals surface area contributed by atoms with Crippen LogP contribution in [0.1, 0.15) is 51.9 Å². The van der Waals surface area contributed by atoms with Gasteiger partial charge in [-0.3, -0.25) is 0 Å². The maximum atomic E-state index is 9.74. The summed E-state index contributed by atoms with van der Waals surface area (Å²) < 4.78 is 0. The standard InChI is InChI=1S/C16H30N2O/c1-13-3-2-7-16(9-13,11-17-14-4-5-14)12-18-8-6-15(19)10-18/h13-15,17,19H,2-12H2,1H3. The molecule has 2 N–H and O–H groups in total. The Bertz CT molecular complexity index is 305. The molecular formula is C16H30N2O. The normalized spacial score (nSPS) is 40.7. The highest BCUT2D eigenvalue weighted by Crippen LogP contribution is 2.40. The zero-order valence-electron chi connectivity index (χ0n) is 12.4. The Morgan fingerprint density at radius 3 is 2.74 bits per heavy atom. The van der Waals surface area contributed by atoms with Gasteiger partial charge in [0, 0.05) is 32.2 Å². The molecule has 0 spiro atoms. The van der Waals surface area contributed by atoms with Crippen LogP contribution in [0, 0.1) is 11.3 Å². The fourth-order valence-corrected chi connectivity index (χ4v) is 4.21. The summed E-state index contributed by atoms with van der Waals surface area (Å²) in [5.74, 6) is 0.877. The van der Waals surface area contributed by atoms with E-state index in [9.17, 15) is 5.11 Å². The van der Waals surface area contributed by atoms with Gasteiger partial charge in [0.25, 0.3) is 0 Å². The van der Waals surface area contributed by atoms with E-state index in [0.29, 0.717) is 5.41 Å². The predicted octanol–water partition coefficient (Wildman–Crippen LogP) is 2.00. The zero-order valence-corrected chi connectivity index (χ0v) is 12.4. The molecule has 0 radical (unpaired) electrons. The predicted molar refractivity (Wildman–Crippen MR) is 78.2 cm³/mol. The van der Waals surface area contributed by atoms with Crippen LogP contribution >= 0.6 is 0 Å². The molecule has 1 heterocycles. The molecule has 3 rings (SSSR count). The maximum Gasteiger partial charge on any atom is 0.0679 e. The third-order valence-electron chi connectivity index (χ3n) is 5.34. The molecule has 3 fully saturated rings. The number of aliphatic hydroxyl groups excluding tert-OH is 1. The topological polar surface area (TPSA) is 35.5 Å². The minimum atomic E-state index is -0.0746. The number of likely N-dealkylation sites (tertiary alicyclic amines) is 1. The number of hydrogen-bond acceptors (Lipinski definition) is 3. The molecule has 0 aromatic carbocycles. The molecule has 3 nitrogen and oxygen atoms in total. The summed E-state index contributed by atoms with van der Waals surface area (Å²) in [7, 11) is 0. The highest BCUT2D eigenvalue weighted by molar-refractivity contribution is 4.94. The van der Waals surface area contributed by atoms with Crippen LogP contribution in [0.25, 0.3) is 0 Å². The molecule has 3 aliphatic rings. The Labute approximate surface area is 117 Å². The lowest BCUT2D eigenvalue weighted by Gasteiger charge is -2.43. The third kappa shape index (κ3) is 3.71. The summed E-state index contributed by atoms with van der Waals surface area (Å²) in [5.41, 5.74) is 0.477. The fraction of sp³-hybridized carbons (Fsp3) is 1.00. The van der Waals surface area contributed by atoms with Crippen LogP contribution in [0.5, 0.6) is 0 Å². The van der Waals surface area contributed by atoms with Crippen LogP contribution in [-0.2, 0) is 0 Å². The van der Waals surface area contributed by atoms with Crippen molar-refractivity contribution in [1.82, 2.24) is 10.2 Å². The van der Waals surface area contributed by atoms with Gasteiger partial charge in [0.15, 0.2) is 0 Å². The van der Waals surface area contributed by atoms with E-state index in [0.717, 1.165) is 31.5 Å². The van der Waals surface area contributed by atoms with Crippen molar-refractivity contribution in [3.63, 3.8) is 0 Å². The minimum Gasteiger partial charge on any atom is -0.392 e. The molecule has 0 aromatic rings. The Hall–Kier alpha value is -0.120. The monoisotopic (exact) mass is 266 g/mol. The summed E-state index contributed by atoms with van der Waals surface area (Å²) in [6, 6.07) is 0.818. The van der Waals surface area contributed by atoms with Crippen molar-refractivity contribution in [1.29, 1.82) is 0 Å². The van der Waals surface area contributed by atoms with E-state index >= 15 is 0 Å². The van der Waals surface area contributed by atoms with Crippen molar-refractivity contribution in [3.8, 4) is 0 Å². The highest BCUT2D eigenvalue weighted by atomic mass is 16.3. The molecule has 3 atom stereocenters. The van der Waals surface area contributed by atoms with Gasteiger partial charge in [-0.2, -0.15) is 0 Å². The Kier molecular flexibility index (Phi) is 4.16. The molecule has 19 heavy (non-hydrogen) atoms. The summed E-state index contributed by atoms with van der Waals surface area (Å²) in [5, 5.41) is 13.5. The van der Waals surface area contributed by atoms with Gasteiger partial charge in [0.05, 0.1) is 6.10 Å². The number of nitrogens with zero attached hydrogens (tertiary/aromatic N) is 1. The first-order chi connectivity index (χ1) is 9.15. The molecule has 1 saturated heterocycles. The van der Waals surface area contributed by atoms with Crippen molar-refractivity contribution in [2.45, 2.75) is 64.0 Å². The van der Waals surface area contributed by atoms with Gasteiger partial charge < -0.3 is 15.3 Å². The number of aliphatic hydroxyl groups is 1. The first-order valence-corrected chi connectivity index (χ1v) is 8.29. The van der Waals surface area contributed by atoms with Crippen LogP contribution < -0.4 is 5.32 Å². The quantitative estimate of drug-likeness (QED) is 0.799. The van der Waals surface area contributed by atoms with Crippen molar-refractivity contribution < 1.29 is 5.11 Å². The first kappa shape index (κ1) is 13.8. The number of nitrogens with one attached hydrogen (secondary N) is 1. The summed E-state index contributed by atoms with van der Waals surface area (Å²) >= 11 is 0. The molecule has 2 aliphatic carbocycles. The molecular weight excluding hydrogens is 236 g/mol. The van der Waals surface area contributed by atoms with Crippen LogP contribution in [0.2, 0.25) is 0 Å². The number of hydrogen-bond donors (Lipinski definition) is 2.